The Hall–Kier alpha value is -3.73. The summed E-state index contributed by atoms with van der Waals surface area (Å²) in [6.45, 7) is 4.34. The quantitative estimate of drug-likeness (QED) is 0.408. The SMILES string of the molecule is COc1ccc(NC(=O)CSc2nnc(C)n2Cc2ccccc2)cc1-n1nnnc1C. The van der Waals surface area contributed by atoms with Gasteiger partial charge < -0.3 is 14.6 Å². The zero-order valence-electron chi connectivity index (χ0n) is 17.9. The van der Waals surface area contributed by atoms with Gasteiger partial charge in [0.25, 0.3) is 0 Å². The molecule has 2 aromatic heterocycles. The van der Waals surface area contributed by atoms with Crippen molar-refractivity contribution < 1.29 is 9.53 Å². The number of amides is 1. The minimum absolute atomic E-state index is 0.161. The largest absolute Gasteiger partial charge is 0.494 e. The number of methoxy groups -OCH3 is 1. The molecule has 0 spiro atoms. The maximum absolute atomic E-state index is 12.6. The number of hydrogen-bond donors (Lipinski definition) is 1. The summed E-state index contributed by atoms with van der Waals surface area (Å²) in [6, 6.07) is 15.4. The molecule has 11 heteroatoms. The molecule has 0 bridgehead atoms. The Morgan fingerprint density at radius 2 is 1.88 bits per heavy atom. The molecule has 1 N–H and O–H groups in total. The fourth-order valence-corrected chi connectivity index (χ4v) is 3.91. The van der Waals surface area contributed by atoms with Crippen LogP contribution in [0.15, 0.2) is 53.7 Å². The first-order valence-corrected chi connectivity index (χ1v) is 10.8. The van der Waals surface area contributed by atoms with Gasteiger partial charge in [-0.2, -0.15) is 4.68 Å². The van der Waals surface area contributed by atoms with Gasteiger partial charge in [-0.25, -0.2) is 0 Å². The van der Waals surface area contributed by atoms with Crippen molar-refractivity contribution in [2.75, 3.05) is 18.2 Å². The molecule has 1 amide bonds. The van der Waals surface area contributed by atoms with Gasteiger partial charge in [0.2, 0.25) is 5.91 Å². The molecule has 4 aromatic rings. The fraction of sp³-hybridized carbons (Fsp3) is 0.238. The van der Waals surface area contributed by atoms with Gasteiger partial charge in [0.15, 0.2) is 11.0 Å². The number of aromatic nitrogens is 7. The van der Waals surface area contributed by atoms with Crippen molar-refractivity contribution in [3.63, 3.8) is 0 Å². The Morgan fingerprint density at radius 3 is 2.59 bits per heavy atom. The predicted molar refractivity (Wildman–Crippen MR) is 120 cm³/mol. The summed E-state index contributed by atoms with van der Waals surface area (Å²) >= 11 is 1.34. The lowest BCUT2D eigenvalue weighted by Crippen LogP contribution is -2.15. The number of nitrogens with zero attached hydrogens (tertiary/aromatic N) is 7. The highest BCUT2D eigenvalue weighted by atomic mass is 32.2. The molecule has 0 fully saturated rings. The molecule has 10 nitrogen and oxygen atoms in total. The van der Waals surface area contributed by atoms with Crippen molar-refractivity contribution in [2.45, 2.75) is 25.5 Å². The summed E-state index contributed by atoms with van der Waals surface area (Å²) in [7, 11) is 1.57. The molecule has 0 atom stereocenters. The number of nitrogens with one attached hydrogen (secondary N) is 1. The third-order valence-electron chi connectivity index (χ3n) is 4.73. The molecule has 0 aliphatic carbocycles. The zero-order valence-corrected chi connectivity index (χ0v) is 18.7. The van der Waals surface area contributed by atoms with Crippen molar-refractivity contribution in [3.05, 3.63) is 65.7 Å². The van der Waals surface area contributed by atoms with E-state index < -0.39 is 0 Å². The smallest absolute Gasteiger partial charge is 0.234 e. The first-order valence-electron chi connectivity index (χ1n) is 9.85. The first kappa shape index (κ1) is 21.5. The molecule has 2 heterocycles. The lowest BCUT2D eigenvalue weighted by molar-refractivity contribution is -0.113. The summed E-state index contributed by atoms with van der Waals surface area (Å²) in [5.41, 5.74) is 2.40. The van der Waals surface area contributed by atoms with E-state index in [1.165, 1.54) is 11.8 Å². The molecule has 0 aliphatic heterocycles. The van der Waals surface area contributed by atoms with Crippen LogP contribution in [0.3, 0.4) is 0 Å². The Bertz CT molecular complexity index is 1220. The highest BCUT2D eigenvalue weighted by Gasteiger charge is 2.15. The second-order valence-electron chi connectivity index (χ2n) is 6.96. The Balaban J connectivity index is 1.44. The van der Waals surface area contributed by atoms with Crippen molar-refractivity contribution in [3.8, 4) is 11.4 Å². The van der Waals surface area contributed by atoms with E-state index in [4.69, 9.17) is 4.74 Å². The standard InChI is InChI=1S/C21H22N8O2S/c1-14-23-25-21(28(14)12-16-7-5-4-6-8-16)32-13-20(30)22-17-9-10-19(31-3)18(11-17)29-15(2)24-26-27-29/h4-11H,12-13H2,1-3H3,(H,22,30). The third kappa shape index (κ3) is 4.78. The van der Waals surface area contributed by atoms with E-state index in [1.807, 2.05) is 41.8 Å². The van der Waals surface area contributed by atoms with Crippen LogP contribution in [0.2, 0.25) is 0 Å². The van der Waals surface area contributed by atoms with Gasteiger partial charge >= 0.3 is 0 Å². The van der Waals surface area contributed by atoms with Gasteiger partial charge in [-0.3, -0.25) is 4.79 Å². The van der Waals surface area contributed by atoms with Gasteiger partial charge in [0.05, 0.1) is 19.4 Å². The Labute approximate surface area is 189 Å². The minimum Gasteiger partial charge on any atom is -0.494 e. The Morgan fingerprint density at radius 1 is 1.06 bits per heavy atom. The van der Waals surface area contributed by atoms with E-state index in [-0.39, 0.29) is 11.7 Å². The van der Waals surface area contributed by atoms with Crippen molar-refractivity contribution in [2.24, 2.45) is 0 Å². The molecular weight excluding hydrogens is 428 g/mol. The van der Waals surface area contributed by atoms with Crippen molar-refractivity contribution in [1.29, 1.82) is 0 Å². The number of thioether (sulfide) groups is 1. The van der Waals surface area contributed by atoms with Crippen LogP contribution in [0.1, 0.15) is 17.2 Å². The van der Waals surface area contributed by atoms with E-state index in [0.29, 0.717) is 34.6 Å². The number of carbonyl (C=O) groups is 1. The Kier molecular flexibility index (Phi) is 6.45. The van der Waals surface area contributed by atoms with Crippen molar-refractivity contribution in [1.82, 2.24) is 35.0 Å². The second-order valence-corrected chi connectivity index (χ2v) is 7.91. The zero-order chi connectivity index (χ0) is 22.5. The highest BCUT2D eigenvalue weighted by Crippen LogP contribution is 2.27. The number of benzene rings is 2. The number of anilines is 1. The van der Waals surface area contributed by atoms with E-state index in [9.17, 15) is 4.79 Å². The summed E-state index contributed by atoms with van der Waals surface area (Å²) in [5, 5.41) is 23.5. The number of carbonyl (C=O) groups excluding carboxylic acids is 1. The van der Waals surface area contributed by atoms with Crippen LogP contribution in [0, 0.1) is 13.8 Å². The average Bonchev–Trinajstić information content (AvgIpc) is 3.38. The predicted octanol–water partition coefficient (Wildman–Crippen LogP) is 2.66. The monoisotopic (exact) mass is 450 g/mol. The minimum atomic E-state index is -0.161. The molecule has 0 saturated carbocycles. The molecule has 164 valence electrons. The van der Waals surface area contributed by atoms with Crippen LogP contribution in [0.5, 0.6) is 5.75 Å². The topological polar surface area (TPSA) is 113 Å². The van der Waals surface area contributed by atoms with Crippen LogP contribution >= 0.6 is 11.8 Å². The number of aryl methyl sites for hydroxylation is 2. The molecule has 2 aromatic carbocycles. The number of hydrogen-bond acceptors (Lipinski definition) is 8. The molecule has 0 radical (unpaired) electrons. The van der Waals surface area contributed by atoms with Gasteiger partial charge in [-0.1, -0.05) is 42.1 Å². The molecular formula is C21H22N8O2S. The van der Waals surface area contributed by atoms with Crippen LogP contribution in [0.25, 0.3) is 5.69 Å². The third-order valence-corrected chi connectivity index (χ3v) is 5.70. The maximum Gasteiger partial charge on any atom is 0.234 e. The summed E-state index contributed by atoms with van der Waals surface area (Å²) in [5.74, 6) is 2.03. The van der Waals surface area contributed by atoms with Gasteiger partial charge in [-0.15, -0.1) is 15.3 Å². The second kappa shape index (κ2) is 9.60. The molecule has 0 unspecified atom stereocenters. The summed E-state index contributed by atoms with van der Waals surface area (Å²) in [4.78, 5) is 12.6. The fourth-order valence-electron chi connectivity index (χ4n) is 3.13. The van der Waals surface area contributed by atoms with Crippen LogP contribution < -0.4 is 10.1 Å². The van der Waals surface area contributed by atoms with Crippen LogP contribution in [-0.4, -0.2) is 53.7 Å². The number of ether oxygens (including phenoxy) is 1. The maximum atomic E-state index is 12.6. The van der Waals surface area contributed by atoms with Crippen molar-refractivity contribution >= 4 is 23.4 Å². The molecule has 0 saturated heterocycles. The first-order chi connectivity index (χ1) is 15.5. The number of rotatable bonds is 8. The molecule has 4 rings (SSSR count). The summed E-state index contributed by atoms with van der Waals surface area (Å²) in [6.07, 6.45) is 0. The number of tetrazole rings is 1. The lowest BCUT2D eigenvalue weighted by atomic mass is 10.2. The van der Waals surface area contributed by atoms with Gasteiger partial charge in [-0.05, 0) is 48.0 Å². The average molecular weight is 451 g/mol. The van der Waals surface area contributed by atoms with E-state index in [0.717, 1.165) is 11.4 Å². The molecule has 32 heavy (non-hydrogen) atoms. The lowest BCUT2D eigenvalue weighted by Gasteiger charge is -2.12. The molecule has 0 aliphatic rings. The summed E-state index contributed by atoms with van der Waals surface area (Å²) < 4.78 is 8.96. The van der Waals surface area contributed by atoms with E-state index in [2.05, 4.69) is 31.0 Å². The van der Waals surface area contributed by atoms with E-state index >= 15 is 0 Å². The normalized spacial score (nSPS) is 10.8. The van der Waals surface area contributed by atoms with Crippen LogP contribution in [0.4, 0.5) is 5.69 Å². The van der Waals surface area contributed by atoms with Gasteiger partial charge in [0.1, 0.15) is 17.3 Å². The highest BCUT2D eigenvalue weighted by molar-refractivity contribution is 7.99. The van der Waals surface area contributed by atoms with Gasteiger partial charge in [0, 0.05) is 5.69 Å². The van der Waals surface area contributed by atoms with E-state index in [1.54, 1.807) is 36.9 Å². The van der Waals surface area contributed by atoms with Crippen LogP contribution in [-0.2, 0) is 11.3 Å².